The minimum absolute atomic E-state index is 0.0442. The molecule has 2 aromatic heterocycles. The monoisotopic (exact) mass is 357 g/mol. The van der Waals surface area contributed by atoms with Gasteiger partial charge in [0.2, 0.25) is 0 Å². The summed E-state index contributed by atoms with van der Waals surface area (Å²) in [6, 6.07) is 3.50. The van der Waals surface area contributed by atoms with Gasteiger partial charge in [-0.2, -0.15) is 0 Å². The van der Waals surface area contributed by atoms with Crippen molar-refractivity contribution < 1.29 is 0 Å². The summed E-state index contributed by atoms with van der Waals surface area (Å²) < 4.78 is 1.87. The summed E-state index contributed by atoms with van der Waals surface area (Å²) in [5, 5.41) is 6.56. The number of nitrogens with zero attached hydrogens (tertiary/aromatic N) is 4. The molecule has 26 heavy (non-hydrogen) atoms. The van der Waals surface area contributed by atoms with Crippen LogP contribution in [0.5, 0.6) is 0 Å². The summed E-state index contributed by atoms with van der Waals surface area (Å²) >= 11 is 0. The lowest BCUT2D eigenvalue weighted by molar-refractivity contribution is 0.311. The predicted octanol–water partition coefficient (Wildman–Crippen LogP) is 1.09. The van der Waals surface area contributed by atoms with Crippen molar-refractivity contribution in [2.24, 2.45) is 0 Å². The fourth-order valence-corrected chi connectivity index (χ4v) is 3.20. The van der Waals surface area contributed by atoms with Crippen LogP contribution in [0.4, 0.5) is 17.3 Å². The SMILES string of the molecule is Cc1cc(Nc2cc(N)ncn2)c(=O)n2c1CNCCCCN(C)CC2. The van der Waals surface area contributed by atoms with Crippen molar-refractivity contribution in [1.29, 1.82) is 0 Å². The molecule has 0 aliphatic carbocycles. The van der Waals surface area contributed by atoms with E-state index in [2.05, 4.69) is 32.5 Å². The van der Waals surface area contributed by atoms with E-state index in [0.717, 1.165) is 43.7 Å². The fraction of sp³-hybridized carbons (Fsp3) is 0.500. The third-order valence-corrected chi connectivity index (χ3v) is 4.71. The first-order chi connectivity index (χ1) is 12.5. The minimum Gasteiger partial charge on any atom is -0.384 e. The number of nitrogens with two attached hydrogens (primary N) is 1. The Morgan fingerprint density at radius 1 is 1.19 bits per heavy atom. The number of hydrogen-bond donors (Lipinski definition) is 3. The van der Waals surface area contributed by atoms with Crippen LogP contribution in [0, 0.1) is 6.92 Å². The zero-order valence-corrected chi connectivity index (χ0v) is 15.5. The lowest BCUT2D eigenvalue weighted by Crippen LogP contribution is -2.33. The number of fused-ring (bicyclic) bond motifs is 1. The van der Waals surface area contributed by atoms with E-state index in [4.69, 9.17) is 5.73 Å². The number of pyridine rings is 1. The highest BCUT2D eigenvalue weighted by atomic mass is 16.1. The maximum Gasteiger partial charge on any atom is 0.274 e. The molecule has 1 aliphatic heterocycles. The lowest BCUT2D eigenvalue weighted by atomic mass is 10.1. The molecule has 140 valence electrons. The summed E-state index contributed by atoms with van der Waals surface area (Å²) in [5.41, 5.74) is 8.27. The summed E-state index contributed by atoms with van der Waals surface area (Å²) in [4.78, 5) is 23.4. The molecule has 0 atom stereocenters. The van der Waals surface area contributed by atoms with Crippen LogP contribution in [0.25, 0.3) is 0 Å². The van der Waals surface area contributed by atoms with Crippen molar-refractivity contribution in [3.8, 4) is 0 Å². The van der Waals surface area contributed by atoms with Gasteiger partial charge in [0.1, 0.15) is 23.7 Å². The molecule has 3 heterocycles. The van der Waals surface area contributed by atoms with E-state index in [1.165, 1.54) is 6.33 Å². The lowest BCUT2D eigenvalue weighted by Gasteiger charge is -2.20. The van der Waals surface area contributed by atoms with Gasteiger partial charge in [-0.25, -0.2) is 9.97 Å². The quantitative estimate of drug-likeness (QED) is 0.739. The number of aromatic nitrogens is 3. The molecule has 2 aromatic rings. The third kappa shape index (κ3) is 4.39. The Bertz CT molecular complexity index is 818. The average molecular weight is 357 g/mol. The van der Waals surface area contributed by atoms with Crippen LogP contribution in [0.15, 0.2) is 23.3 Å². The van der Waals surface area contributed by atoms with Crippen LogP contribution in [-0.4, -0.2) is 46.1 Å². The maximum absolute atomic E-state index is 13.1. The molecule has 0 unspecified atom stereocenters. The number of anilines is 3. The van der Waals surface area contributed by atoms with Gasteiger partial charge < -0.3 is 25.8 Å². The van der Waals surface area contributed by atoms with Crippen molar-refractivity contribution >= 4 is 17.3 Å². The molecule has 8 nitrogen and oxygen atoms in total. The Hall–Kier alpha value is -2.45. The molecule has 0 bridgehead atoms. The zero-order valence-electron chi connectivity index (χ0n) is 15.5. The van der Waals surface area contributed by atoms with Gasteiger partial charge in [-0.1, -0.05) is 0 Å². The molecule has 0 radical (unpaired) electrons. The second-order valence-electron chi connectivity index (χ2n) is 6.78. The minimum atomic E-state index is -0.0442. The van der Waals surface area contributed by atoms with Crippen LogP contribution >= 0.6 is 0 Å². The molecule has 3 rings (SSSR count). The molecule has 0 aromatic carbocycles. The first kappa shape index (κ1) is 18.3. The highest BCUT2D eigenvalue weighted by Crippen LogP contribution is 2.16. The van der Waals surface area contributed by atoms with E-state index in [-0.39, 0.29) is 5.56 Å². The number of aryl methyl sites for hydroxylation is 1. The number of hydrogen-bond acceptors (Lipinski definition) is 7. The zero-order chi connectivity index (χ0) is 18.5. The largest absolute Gasteiger partial charge is 0.384 e. The van der Waals surface area contributed by atoms with Gasteiger partial charge >= 0.3 is 0 Å². The molecule has 8 heteroatoms. The first-order valence-electron chi connectivity index (χ1n) is 9.01. The van der Waals surface area contributed by atoms with Gasteiger partial charge in [-0.3, -0.25) is 4.79 Å². The normalized spacial score (nSPS) is 16.5. The smallest absolute Gasteiger partial charge is 0.274 e. The molecule has 0 fully saturated rings. The molecule has 0 saturated heterocycles. The predicted molar refractivity (Wildman–Crippen MR) is 104 cm³/mol. The summed E-state index contributed by atoms with van der Waals surface area (Å²) in [7, 11) is 2.11. The van der Waals surface area contributed by atoms with Crippen LogP contribution in [0.3, 0.4) is 0 Å². The molecule has 0 amide bonds. The number of likely N-dealkylation sites (N-methyl/N-ethyl adjacent to an activating group) is 1. The van der Waals surface area contributed by atoms with Gasteiger partial charge in [0.05, 0.1) is 0 Å². The van der Waals surface area contributed by atoms with Crippen LogP contribution < -0.4 is 21.9 Å². The molecule has 1 aliphatic rings. The van der Waals surface area contributed by atoms with Gasteiger partial charge in [0.25, 0.3) is 5.56 Å². The second kappa shape index (κ2) is 8.29. The van der Waals surface area contributed by atoms with E-state index in [1.54, 1.807) is 6.07 Å². The van der Waals surface area contributed by atoms with Gasteiger partial charge in [0.15, 0.2) is 0 Å². The van der Waals surface area contributed by atoms with Gasteiger partial charge in [-0.15, -0.1) is 0 Å². The van der Waals surface area contributed by atoms with E-state index >= 15 is 0 Å². The summed E-state index contributed by atoms with van der Waals surface area (Å²) in [6.07, 6.45) is 3.68. The van der Waals surface area contributed by atoms with E-state index < -0.39 is 0 Å². The Kier molecular flexibility index (Phi) is 5.85. The fourth-order valence-electron chi connectivity index (χ4n) is 3.20. The second-order valence-corrected chi connectivity index (χ2v) is 6.78. The van der Waals surface area contributed by atoms with Crippen molar-refractivity contribution in [1.82, 2.24) is 24.8 Å². The molecule has 0 saturated carbocycles. The van der Waals surface area contributed by atoms with Gasteiger partial charge in [0, 0.05) is 31.4 Å². The Labute approximate surface area is 153 Å². The molecular weight excluding hydrogens is 330 g/mol. The third-order valence-electron chi connectivity index (χ3n) is 4.71. The Morgan fingerprint density at radius 2 is 2.04 bits per heavy atom. The van der Waals surface area contributed by atoms with Crippen molar-refractivity contribution in [3.05, 3.63) is 40.1 Å². The van der Waals surface area contributed by atoms with E-state index in [0.29, 0.717) is 30.4 Å². The van der Waals surface area contributed by atoms with Crippen LogP contribution in [0.1, 0.15) is 24.1 Å². The van der Waals surface area contributed by atoms with Crippen molar-refractivity contribution in [3.63, 3.8) is 0 Å². The van der Waals surface area contributed by atoms with Crippen LogP contribution in [-0.2, 0) is 13.1 Å². The van der Waals surface area contributed by atoms with Gasteiger partial charge in [-0.05, 0) is 51.5 Å². The van der Waals surface area contributed by atoms with Crippen molar-refractivity contribution in [2.75, 3.05) is 37.7 Å². The number of rotatable bonds is 2. The molecule has 4 N–H and O–H groups in total. The summed E-state index contributed by atoms with van der Waals surface area (Å²) in [5.74, 6) is 0.877. The highest BCUT2D eigenvalue weighted by molar-refractivity contribution is 5.58. The molecule has 0 spiro atoms. The maximum atomic E-state index is 13.1. The number of nitrogen functional groups attached to an aromatic ring is 1. The standard InChI is InChI=1S/C18H27N7O/c1-13-9-14(23-17-10-16(19)21-12-22-17)18(26)25-8-7-24(2)6-4-3-5-20-11-15(13)25/h9-10,12,20H,3-8,11H2,1-2H3,(H3,19,21,22,23). The number of nitrogens with one attached hydrogen (secondary N) is 2. The van der Waals surface area contributed by atoms with E-state index in [1.807, 2.05) is 17.6 Å². The van der Waals surface area contributed by atoms with E-state index in [9.17, 15) is 4.79 Å². The average Bonchev–Trinajstić information content (AvgIpc) is 2.64. The topological polar surface area (TPSA) is 101 Å². The van der Waals surface area contributed by atoms with Crippen molar-refractivity contribution in [2.45, 2.75) is 32.9 Å². The molecular formula is C18H27N7O. The first-order valence-corrected chi connectivity index (χ1v) is 9.01. The summed E-state index contributed by atoms with van der Waals surface area (Å²) in [6.45, 7) is 6.25. The Morgan fingerprint density at radius 3 is 2.85 bits per heavy atom. The highest BCUT2D eigenvalue weighted by Gasteiger charge is 2.14. The Balaban J connectivity index is 1.95. The van der Waals surface area contributed by atoms with Crippen LogP contribution in [0.2, 0.25) is 0 Å².